The fourth-order valence-electron chi connectivity index (χ4n) is 4.36. The summed E-state index contributed by atoms with van der Waals surface area (Å²) in [5.74, 6) is 0. The van der Waals surface area contributed by atoms with Crippen LogP contribution in [0, 0.1) is 0 Å². The Balaban J connectivity index is 1.64. The van der Waals surface area contributed by atoms with Crippen LogP contribution in [0.15, 0.2) is 84.9 Å². The predicted octanol–water partition coefficient (Wildman–Crippen LogP) is 5.85. The topological polar surface area (TPSA) is 16.1 Å². The maximum atomic E-state index is 5.08. The van der Waals surface area contributed by atoms with Crippen molar-refractivity contribution in [3.63, 3.8) is 0 Å². The molecule has 4 aromatic rings. The summed E-state index contributed by atoms with van der Waals surface area (Å²) in [6.45, 7) is 3.05. The van der Waals surface area contributed by atoms with E-state index in [0.717, 1.165) is 38.0 Å². The lowest BCUT2D eigenvalue weighted by atomic mass is 9.93. The van der Waals surface area contributed by atoms with Crippen molar-refractivity contribution in [1.29, 1.82) is 0 Å². The molecule has 0 aliphatic carbocycles. The Morgan fingerprint density at radius 3 is 2.32 bits per heavy atom. The lowest BCUT2D eigenvalue weighted by Crippen LogP contribution is -2.23. The van der Waals surface area contributed by atoms with Gasteiger partial charge >= 0.3 is 0 Å². The van der Waals surface area contributed by atoms with Crippen molar-refractivity contribution in [3.8, 4) is 11.1 Å². The molecule has 0 radical (unpaired) electrons. The van der Waals surface area contributed by atoms with Gasteiger partial charge in [0.2, 0.25) is 0 Å². The number of nitrogens with zero attached hydrogens (tertiary/aromatic N) is 2. The van der Waals surface area contributed by atoms with E-state index in [1.54, 1.807) is 0 Å². The summed E-state index contributed by atoms with van der Waals surface area (Å²) in [6, 6.07) is 30.2. The van der Waals surface area contributed by atoms with Crippen LogP contribution in [0.25, 0.3) is 22.0 Å². The standard InChI is InChI=1S/C26H24N2/c1-3-10-20(11-4-1)18-28-17-9-16-25-23(19-28)26(21-12-5-2-6-13-21)22-14-7-8-15-24(22)27-25/h1-8,10-15H,9,16-19H2. The molecule has 3 aromatic carbocycles. The minimum Gasteiger partial charge on any atom is -0.295 e. The molecule has 0 amide bonds. The van der Waals surface area contributed by atoms with Gasteiger partial charge in [0.1, 0.15) is 0 Å². The Bertz CT molecular complexity index is 1090. The van der Waals surface area contributed by atoms with Crippen molar-refractivity contribution in [2.45, 2.75) is 25.9 Å². The molecule has 1 aliphatic heterocycles. The van der Waals surface area contributed by atoms with E-state index in [4.69, 9.17) is 4.98 Å². The second kappa shape index (κ2) is 7.57. The van der Waals surface area contributed by atoms with E-state index in [-0.39, 0.29) is 0 Å². The van der Waals surface area contributed by atoms with Gasteiger partial charge in [0.05, 0.1) is 5.52 Å². The number of aromatic nitrogens is 1. The van der Waals surface area contributed by atoms with Crippen molar-refractivity contribution >= 4 is 10.9 Å². The molecule has 0 saturated carbocycles. The van der Waals surface area contributed by atoms with Crippen LogP contribution in [0.4, 0.5) is 0 Å². The van der Waals surface area contributed by atoms with Gasteiger partial charge in [-0.25, -0.2) is 0 Å². The summed E-state index contributed by atoms with van der Waals surface area (Å²) in [6.07, 6.45) is 2.20. The molecule has 0 bridgehead atoms. The van der Waals surface area contributed by atoms with Crippen molar-refractivity contribution in [1.82, 2.24) is 9.88 Å². The third kappa shape index (κ3) is 3.32. The fourth-order valence-corrected chi connectivity index (χ4v) is 4.36. The summed E-state index contributed by atoms with van der Waals surface area (Å²) in [5.41, 5.74) is 7.81. The molecule has 0 atom stereocenters. The Morgan fingerprint density at radius 2 is 1.50 bits per heavy atom. The van der Waals surface area contributed by atoms with E-state index < -0.39 is 0 Å². The number of hydrogen-bond acceptors (Lipinski definition) is 2. The second-order valence-corrected chi connectivity index (χ2v) is 7.60. The summed E-state index contributed by atoms with van der Waals surface area (Å²) < 4.78 is 0. The van der Waals surface area contributed by atoms with Gasteiger partial charge in [-0.2, -0.15) is 0 Å². The molecule has 0 saturated heterocycles. The molecule has 0 fully saturated rings. The zero-order valence-electron chi connectivity index (χ0n) is 16.0. The van der Waals surface area contributed by atoms with Gasteiger partial charge in [-0.3, -0.25) is 9.88 Å². The third-order valence-electron chi connectivity index (χ3n) is 5.66. The summed E-state index contributed by atoms with van der Waals surface area (Å²) >= 11 is 0. The Hall–Kier alpha value is -2.97. The van der Waals surface area contributed by atoms with Gasteiger partial charge in [0.25, 0.3) is 0 Å². The van der Waals surface area contributed by atoms with E-state index in [2.05, 4.69) is 89.8 Å². The van der Waals surface area contributed by atoms with Crippen molar-refractivity contribution < 1.29 is 0 Å². The molecule has 0 spiro atoms. The second-order valence-electron chi connectivity index (χ2n) is 7.60. The Labute approximate surface area is 166 Å². The van der Waals surface area contributed by atoms with Crippen LogP contribution in [0.2, 0.25) is 0 Å². The van der Waals surface area contributed by atoms with Gasteiger partial charge < -0.3 is 0 Å². The Kier molecular flexibility index (Phi) is 4.64. The van der Waals surface area contributed by atoms with E-state index in [1.807, 2.05) is 0 Å². The SMILES string of the molecule is c1ccc(CN2CCCc3nc4ccccc4c(-c4ccccc4)c3C2)cc1. The first kappa shape index (κ1) is 17.2. The molecule has 0 unspecified atom stereocenters. The van der Waals surface area contributed by atoms with Crippen molar-refractivity contribution in [2.75, 3.05) is 6.54 Å². The fraction of sp³-hybridized carbons (Fsp3) is 0.192. The number of hydrogen-bond donors (Lipinski definition) is 0. The third-order valence-corrected chi connectivity index (χ3v) is 5.66. The molecule has 5 rings (SSSR count). The number of rotatable bonds is 3. The molecule has 2 nitrogen and oxygen atoms in total. The maximum Gasteiger partial charge on any atom is 0.0711 e. The van der Waals surface area contributed by atoms with Crippen LogP contribution in [-0.2, 0) is 19.5 Å². The normalized spacial score (nSPS) is 14.6. The largest absolute Gasteiger partial charge is 0.295 e. The zero-order chi connectivity index (χ0) is 18.8. The average molecular weight is 364 g/mol. The Morgan fingerprint density at radius 1 is 0.786 bits per heavy atom. The first-order valence-electron chi connectivity index (χ1n) is 10.1. The van der Waals surface area contributed by atoms with Gasteiger partial charge in [-0.05, 0) is 47.7 Å². The molecule has 138 valence electrons. The van der Waals surface area contributed by atoms with Gasteiger partial charge in [0, 0.05) is 24.2 Å². The van der Waals surface area contributed by atoms with Crippen LogP contribution in [0.1, 0.15) is 23.2 Å². The molecule has 0 N–H and O–H groups in total. The predicted molar refractivity (Wildman–Crippen MR) is 116 cm³/mol. The molecular formula is C26H24N2. The molecule has 2 heteroatoms. The van der Waals surface area contributed by atoms with Gasteiger partial charge in [-0.1, -0.05) is 78.9 Å². The van der Waals surface area contributed by atoms with Crippen LogP contribution >= 0.6 is 0 Å². The lowest BCUT2D eigenvalue weighted by Gasteiger charge is -2.23. The van der Waals surface area contributed by atoms with Gasteiger partial charge in [0.15, 0.2) is 0 Å². The molecule has 1 aliphatic rings. The molecule has 2 heterocycles. The van der Waals surface area contributed by atoms with Crippen LogP contribution in [-0.4, -0.2) is 16.4 Å². The van der Waals surface area contributed by atoms with E-state index in [0.29, 0.717) is 0 Å². The average Bonchev–Trinajstić information content (AvgIpc) is 2.95. The van der Waals surface area contributed by atoms with Crippen LogP contribution < -0.4 is 0 Å². The minimum atomic E-state index is 0.951. The number of aryl methyl sites for hydroxylation is 1. The lowest BCUT2D eigenvalue weighted by molar-refractivity contribution is 0.261. The van der Waals surface area contributed by atoms with E-state index in [9.17, 15) is 0 Å². The number of pyridine rings is 1. The van der Waals surface area contributed by atoms with Gasteiger partial charge in [-0.15, -0.1) is 0 Å². The first-order valence-corrected chi connectivity index (χ1v) is 10.1. The summed E-state index contributed by atoms with van der Waals surface area (Å²) in [4.78, 5) is 7.65. The first-order chi connectivity index (χ1) is 13.9. The highest BCUT2D eigenvalue weighted by Crippen LogP contribution is 2.35. The smallest absolute Gasteiger partial charge is 0.0711 e. The zero-order valence-corrected chi connectivity index (χ0v) is 16.0. The molecule has 1 aromatic heterocycles. The minimum absolute atomic E-state index is 0.951. The monoisotopic (exact) mass is 364 g/mol. The maximum absolute atomic E-state index is 5.08. The summed E-state index contributed by atoms with van der Waals surface area (Å²) in [7, 11) is 0. The van der Waals surface area contributed by atoms with E-state index in [1.165, 1.54) is 33.3 Å². The van der Waals surface area contributed by atoms with Crippen molar-refractivity contribution in [3.05, 3.63) is 102 Å². The van der Waals surface area contributed by atoms with E-state index >= 15 is 0 Å². The van der Waals surface area contributed by atoms with Crippen LogP contribution in [0.5, 0.6) is 0 Å². The highest BCUT2D eigenvalue weighted by molar-refractivity contribution is 5.96. The summed E-state index contributed by atoms with van der Waals surface area (Å²) in [5, 5.41) is 1.26. The quantitative estimate of drug-likeness (QED) is 0.453. The number of benzene rings is 3. The van der Waals surface area contributed by atoms with Crippen molar-refractivity contribution in [2.24, 2.45) is 0 Å². The highest BCUT2D eigenvalue weighted by Gasteiger charge is 2.21. The van der Waals surface area contributed by atoms with Crippen LogP contribution in [0.3, 0.4) is 0 Å². The molecule has 28 heavy (non-hydrogen) atoms. The number of para-hydroxylation sites is 1. The highest BCUT2D eigenvalue weighted by atomic mass is 15.1. The molecular weight excluding hydrogens is 340 g/mol. The number of fused-ring (bicyclic) bond motifs is 2.